The van der Waals surface area contributed by atoms with Gasteiger partial charge in [0.15, 0.2) is 5.82 Å². The molecule has 6 nitrogen and oxygen atoms in total. The molecule has 0 radical (unpaired) electrons. The predicted octanol–water partition coefficient (Wildman–Crippen LogP) is 2.76. The number of carbonyl (C=O) groups is 1. The third-order valence-corrected chi connectivity index (χ3v) is 5.02. The lowest BCUT2D eigenvalue weighted by Crippen LogP contribution is -2.44. The van der Waals surface area contributed by atoms with Gasteiger partial charge in [-0.25, -0.2) is 9.67 Å². The van der Waals surface area contributed by atoms with Gasteiger partial charge in [0.05, 0.1) is 5.69 Å². The van der Waals surface area contributed by atoms with Crippen molar-refractivity contribution in [2.75, 3.05) is 20.1 Å². The van der Waals surface area contributed by atoms with Gasteiger partial charge in [0.1, 0.15) is 0 Å². The Hall–Kier alpha value is -2.99. The van der Waals surface area contributed by atoms with E-state index in [0.29, 0.717) is 11.9 Å². The third-order valence-electron chi connectivity index (χ3n) is 5.02. The number of rotatable bonds is 4. The van der Waals surface area contributed by atoms with E-state index in [1.807, 2.05) is 72.6 Å². The molecule has 1 aliphatic heterocycles. The van der Waals surface area contributed by atoms with Gasteiger partial charge in [-0.2, -0.15) is 0 Å². The molecule has 1 aromatic heterocycles. The molecule has 0 saturated carbocycles. The van der Waals surface area contributed by atoms with Gasteiger partial charge in [-0.15, -0.1) is 5.10 Å². The number of nitrogens with zero attached hydrogens (tertiary/aromatic N) is 4. The minimum Gasteiger partial charge on any atom is -0.336 e. The lowest BCUT2D eigenvalue weighted by Gasteiger charge is -2.30. The summed E-state index contributed by atoms with van der Waals surface area (Å²) in [6.45, 7) is 1.45. The SMILES string of the molecule is CNC1CCN(C(=O)c2nc(-c3ccccc3)n(-c3ccccc3)n2)CC1. The normalized spacial score (nSPS) is 15.1. The molecule has 0 unspecified atom stereocenters. The van der Waals surface area contributed by atoms with Crippen molar-refractivity contribution in [1.29, 1.82) is 0 Å². The molecule has 3 aromatic rings. The van der Waals surface area contributed by atoms with E-state index in [4.69, 9.17) is 0 Å². The van der Waals surface area contributed by atoms with E-state index in [1.54, 1.807) is 4.68 Å². The summed E-state index contributed by atoms with van der Waals surface area (Å²) in [5, 5.41) is 7.86. The van der Waals surface area contributed by atoms with E-state index in [-0.39, 0.29) is 11.7 Å². The maximum Gasteiger partial charge on any atom is 0.293 e. The number of likely N-dealkylation sites (tertiary alicyclic amines) is 1. The van der Waals surface area contributed by atoms with Crippen LogP contribution in [0.1, 0.15) is 23.5 Å². The monoisotopic (exact) mass is 361 g/mol. The molecule has 2 aromatic carbocycles. The summed E-state index contributed by atoms with van der Waals surface area (Å²) in [7, 11) is 1.97. The van der Waals surface area contributed by atoms with E-state index in [1.165, 1.54) is 0 Å². The first-order valence-electron chi connectivity index (χ1n) is 9.30. The fourth-order valence-corrected chi connectivity index (χ4v) is 3.44. The Balaban J connectivity index is 1.68. The molecule has 4 rings (SSSR count). The molecule has 1 aliphatic rings. The Kier molecular flexibility index (Phi) is 4.98. The Morgan fingerprint density at radius 3 is 2.26 bits per heavy atom. The zero-order valence-corrected chi connectivity index (χ0v) is 15.4. The average Bonchev–Trinajstić information content (AvgIpc) is 3.20. The van der Waals surface area contributed by atoms with Crippen molar-refractivity contribution in [1.82, 2.24) is 25.0 Å². The highest BCUT2D eigenvalue weighted by atomic mass is 16.2. The standard InChI is InChI=1S/C21H23N5O/c1-22-17-12-14-25(15-13-17)21(27)19-23-20(16-8-4-2-5-9-16)26(24-19)18-10-6-3-7-11-18/h2-11,17,22H,12-15H2,1H3. The van der Waals surface area contributed by atoms with Gasteiger partial charge in [-0.1, -0.05) is 48.5 Å². The van der Waals surface area contributed by atoms with Crippen LogP contribution in [0, 0.1) is 0 Å². The first-order valence-corrected chi connectivity index (χ1v) is 9.30. The van der Waals surface area contributed by atoms with Crippen LogP contribution in [0.2, 0.25) is 0 Å². The quantitative estimate of drug-likeness (QED) is 0.776. The van der Waals surface area contributed by atoms with Crippen molar-refractivity contribution < 1.29 is 4.79 Å². The number of carbonyl (C=O) groups excluding carboxylic acids is 1. The molecule has 0 atom stereocenters. The van der Waals surface area contributed by atoms with Crippen LogP contribution in [0.3, 0.4) is 0 Å². The molecule has 27 heavy (non-hydrogen) atoms. The van der Waals surface area contributed by atoms with E-state index in [0.717, 1.165) is 37.2 Å². The molecule has 6 heteroatoms. The molecule has 0 bridgehead atoms. The summed E-state index contributed by atoms with van der Waals surface area (Å²) in [6, 6.07) is 20.1. The van der Waals surface area contributed by atoms with Crippen LogP contribution in [0.15, 0.2) is 60.7 Å². The van der Waals surface area contributed by atoms with Crippen LogP contribution in [-0.2, 0) is 0 Å². The van der Waals surface area contributed by atoms with E-state index in [2.05, 4.69) is 15.4 Å². The van der Waals surface area contributed by atoms with Gasteiger partial charge < -0.3 is 10.2 Å². The van der Waals surface area contributed by atoms with Crippen LogP contribution in [-0.4, -0.2) is 51.8 Å². The van der Waals surface area contributed by atoms with Crippen molar-refractivity contribution in [3.63, 3.8) is 0 Å². The smallest absolute Gasteiger partial charge is 0.293 e. The Labute approximate surface area is 158 Å². The number of amides is 1. The summed E-state index contributed by atoms with van der Waals surface area (Å²) < 4.78 is 1.75. The van der Waals surface area contributed by atoms with Crippen LogP contribution in [0.5, 0.6) is 0 Å². The number of nitrogens with one attached hydrogen (secondary N) is 1. The van der Waals surface area contributed by atoms with Crippen LogP contribution >= 0.6 is 0 Å². The molecule has 1 N–H and O–H groups in total. The highest BCUT2D eigenvalue weighted by Gasteiger charge is 2.27. The summed E-state index contributed by atoms with van der Waals surface area (Å²) in [5.41, 5.74) is 1.82. The second kappa shape index (κ2) is 7.72. The lowest BCUT2D eigenvalue weighted by atomic mass is 10.1. The maximum atomic E-state index is 13.0. The van der Waals surface area contributed by atoms with Crippen LogP contribution < -0.4 is 5.32 Å². The van der Waals surface area contributed by atoms with Gasteiger partial charge in [-0.05, 0) is 32.0 Å². The highest BCUT2D eigenvalue weighted by Crippen LogP contribution is 2.22. The Morgan fingerprint density at radius 2 is 1.63 bits per heavy atom. The van der Waals surface area contributed by atoms with Crippen molar-refractivity contribution >= 4 is 5.91 Å². The number of piperidine rings is 1. The van der Waals surface area contributed by atoms with Crippen LogP contribution in [0.4, 0.5) is 0 Å². The molecule has 138 valence electrons. The zero-order valence-electron chi connectivity index (χ0n) is 15.4. The maximum absolute atomic E-state index is 13.0. The number of hydrogen-bond acceptors (Lipinski definition) is 4. The molecule has 0 spiro atoms. The molecule has 2 heterocycles. The predicted molar refractivity (Wildman–Crippen MR) is 105 cm³/mol. The Bertz CT molecular complexity index is 842. The van der Waals surface area contributed by atoms with Crippen molar-refractivity contribution in [3.8, 4) is 17.1 Å². The zero-order chi connectivity index (χ0) is 18.6. The minimum absolute atomic E-state index is 0.101. The summed E-state index contributed by atoms with van der Waals surface area (Å²) >= 11 is 0. The van der Waals surface area contributed by atoms with Crippen molar-refractivity contribution in [2.24, 2.45) is 0 Å². The summed E-state index contributed by atoms with van der Waals surface area (Å²) in [5.74, 6) is 0.826. The molecule has 1 amide bonds. The number of aromatic nitrogens is 3. The van der Waals surface area contributed by atoms with E-state index in [9.17, 15) is 4.79 Å². The molecule has 1 saturated heterocycles. The average molecular weight is 361 g/mol. The van der Waals surface area contributed by atoms with E-state index < -0.39 is 0 Å². The molecule has 0 aliphatic carbocycles. The van der Waals surface area contributed by atoms with Gasteiger partial charge >= 0.3 is 0 Å². The topological polar surface area (TPSA) is 63.1 Å². The first-order chi connectivity index (χ1) is 13.3. The van der Waals surface area contributed by atoms with Gasteiger partial charge in [0.2, 0.25) is 5.82 Å². The number of para-hydroxylation sites is 1. The third kappa shape index (κ3) is 3.61. The van der Waals surface area contributed by atoms with Crippen LogP contribution in [0.25, 0.3) is 17.1 Å². The van der Waals surface area contributed by atoms with Crippen molar-refractivity contribution in [3.05, 3.63) is 66.5 Å². The van der Waals surface area contributed by atoms with Crippen molar-refractivity contribution in [2.45, 2.75) is 18.9 Å². The number of benzene rings is 2. The second-order valence-corrected chi connectivity index (χ2v) is 6.73. The highest BCUT2D eigenvalue weighted by molar-refractivity contribution is 5.91. The molecule has 1 fully saturated rings. The second-order valence-electron chi connectivity index (χ2n) is 6.73. The van der Waals surface area contributed by atoms with Gasteiger partial charge in [-0.3, -0.25) is 4.79 Å². The lowest BCUT2D eigenvalue weighted by molar-refractivity contribution is 0.0695. The largest absolute Gasteiger partial charge is 0.336 e. The summed E-state index contributed by atoms with van der Waals surface area (Å²) in [6.07, 6.45) is 1.90. The van der Waals surface area contributed by atoms with Gasteiger partial charge in [0, 0.05) is 24.7 Å². The molecular weight excluding hydrogens is 338 g/mol. The summed E-state index contributed by atoms with van der Waals surface area (Å²) in [4.78, 5) is 19.5. The Morgan fingerprint density at radius 1 is 1.00 bits per heavy atom. The minimum atomic E-state index is -0.101. The van der Waals surface area contributed by atoms with Gasteiger partial charge in [0.25, 0.3) is 5.91 Å². The molecular formula is C21H23N5O. The number of hydrogen-bond donors (Lipinski definition) is 1. The first kappa shape index (κ1) is 17.4. The van der Waals surface area contributed by atoms with E-state index >= 15 is 0 Å². The fraction of sp³-hybridized carbons (Fsp3) is 0.286. The fourth-order valence-electron chi connectivity index (χ4n) is 3.44.